The number of aromatic nitrogens is 1. The monoisotopic (exact) mass is 386 g/mol. The Kier molecular flexibility index (Phi) is 5.98. The van der Waals surface area contributed by atoms with Crippen molar-refractivity contribution in [2.75, 3.05) is 13.1 Å². The predicted molar refractivity (Wildman–Crippen MR) is 109 cm³/mol. The molecule has 0 spiro atoms. The Bertz CT molecular complexity index is 949. The molecule has 1 aliphatic rings. The zero-order valence-electron chi connectivity index (χ0n) is 15.4. The second-order valence-corrected chi connectivity index (χ2v) is 7.19. The second-order valence-electron chi connectivity index (χ2n) is 7.19. The Balaban J connectivity index is 0.00000210. The Morgan fingerprint density at radius 3 is 2.74 bits per heavy atom. The molecule has 0 bridgehead atoms. The fraction of sp³-hybridized carbons (Fsp3) is 0.318. The van der Waals surface area contributed by atoms with Crippen LogP contribution < -0.4 is 0 Å². The number of H-pyrrole nitrogens is 1. The van der Waals surface area contributed by atoms with Gasteiger partial charge >= 0.3 is 0 Å². The van der Waals surface area contributed by atoms with Gasteiger partial charge in [-0.2, -0.15) is 0 Å². The predicted octanol–water partition coefficient (Wildman–Crippen LogP) is 5.06. The number of aryl methyl sites for hydroxylation is 1. The molecular formula is C22H24ClFN2O. The minimum Gasteiger partial charge on any atom is -0.358 e. The van der Waals surface area contributed by atoms with Crippen molar-refractivity contribution in [1.82, 2.24) is 9.88 Å². The van der Waals surface area contributed by atoms with Crippen LogP contribution >= 0.6 is 12.4 Å². The normalized spacial score (nSPS) is 14.0. The van der Waals surface area contributed by atoms with E-state index in [1.807, 2.05) is 0 Å². The Morgan fingerprint density at radius 1 is 1.19 bits per heavy atom. The summed E-state index contributed by atoms with van der Waals surface area (Å²) in [5.41, 5.74) is 5.85. The van der Waals surface area contributed by atoms with Crippen molar-refractivity contribution in [1.29, 1.82) is 0 Å². The number of ketones is 1. The van der Waals surface area contributed by atoms with Crippen molar-refractivity contribution in [3.8, 4) is 0 Å². The lowest BCUT2D eigenvalue weighted by molar-refractivity contribution is 0.0973. The van der Waals surface area contributed by atoms with E-state index in [9.17, 15) is 9.18 Å². The number of fused-ring (bicyclic) bond motifs is 3. The number of nitrogens with zero attached hydrogens (tertiary/aromatic N) is 1. The maximum Gasteiger partial charge on any atom is 0.162 e. The van der Waals surface area contributed by atoms with Crippen LogP contribution in [-0.4, -0.2) is 28.8 Å². The van der Waals surface area contributed by atoms with Gasteiger partial charge in [0.15, 0.2) is 5.78 Å². The summed E-state index contributed by atoms with van der Waals surface area (Å²) in [6.07, 6.45) is 2.35. The van der Waals surface area contributed by atoms with Gasteiger partial charge in [-0.1, -0.05) is 11.6 Å². The van der Waals surface area contributed by atoms with Crippen LogP contribution in [0.4, 0.5) is 4.39 Å². The minimum absolute atomic E-state index is 0. The summed E-state index contributed by atoms with van der Waals surface area (Å²) >= 11 is 0. The van der Waals surface area contributed by atoms with Gasteiger partial charge in [0.1, 0.15) is 5.82 Å². The molecule has 0 atom stereocenters. The third kappa shape index (κ3) is 4.23. The highest BCUT2D eigenvalue weighted by Crippen LogP contribution is 2.28. The Hall–Kier alpha value is -2.17. The van der Waals surface area contributed by atoms with Gasteiger partial charge < -0.3 is 4.98 Å². The zero-order valence-corrected chi connectivity index (χ0v) is 16.2. The van der Waals surface area contributed by atoms with Crippen molar-refractivity contribution < 1.29 is 9.18 Å². The zero-order chi connectivity index (χ0) is 18.1. The third-order valence-electron chi connectivity index (χ3n) is 5.25. The lowest BCUT2D eigenvalue weighted by Crippen LogP contribution is -2.31. The van der Waals surface area contributed by atoms with Crippen LogP contribution in [0.1, 0.15) is 40.0 Å². The molecule has 142 valence electrons. The molecule has 0 saturated heterocycles. The van der Waals surface area contributed by atoms with Crippen LogP contribution in [-0.2, 0) is 13.0 Å². The molecule has 1 aliphatic heterocycles. The first kappa shape index (κ1) is 19.6. The lowest BCUT2D eigenvalue weighted by Gasteiger charge is -2.27. The second kappa shape index (κ2) is 8.24. The third-order valence-corrected chi connectivity index (χ3v) is 5.25. The summed E-state index contributed by atoms with van der Waals surface area (Å²) in [5.74, 6) is -0.218. The molecule has 0 fully saturated rings. The molecule has 5 heteroatoms. The standard InChI is InChI=1S/C22H23FN2O.ClH/c1-15-4-9-20-18(13-15)19-14-25(12-10-21(19)24-20)11-2-3-22(26)16-5-7-17(23)8-6-16;/h4-9,13,24H,2-3,10-12,14H2,1H3;1H. The van der Waals surface area contributed by atoms with Crippen LogP contribution in [0.5, 0.6) is 0 Å². The largest absolute Gasteiger partial charge is 0.358 e. The molecule has 0 unspecified atom stereocenters. The van der Waals surface area contributed by atoms with Gasteiger partial charge in [0, 0.05) is 48.1 Å². The smallest absolute Gasteiger partial charge is 0.162 e. The molecule has 2 aromatic carbocycles. The van der Waals surface area contributed by atoms with Gasteiger partial charge in [-0.3, -0.25) is 9.69 Å². The molecular weight excluding hydrogens is 363 g/mol. The van der Waals surface area contributed by atoms with E-state index in [0.717, 1.165) is 32.5 Å². The van der Waals surface area contributed by atoms with Crippen LogP contribution in [0.3, 0.4) is 0 Å². The van der Waals surface area contributed by atoms with Crippen molar-refractivity contribution in [2.45, 2.75) is 32.7 Å². The molecule has 27 heavy (non-hydrogen) atoms. The number of nitrogens with one attached hydrogen (secondary N) is 1. The summed E-state index contributed by atoms with van der Waals surface area (Å²) in [5, 5.41) is 1.33. The molecule has 1 N–H and O–H groups in total. The highest BCUT2D eigenvalue weighted by molar-refractivity contribution is 5.96. The number of hydrogen-bond donors (Lipinski definition) is 1. The number of rotatable bonds is 5. The lowest BCUT2D eigenvalue weighted by atomic mass is 10.0. The highest BCUT2D eigenvalue weighted by Gasteiger charge is 2.20. The van der Waals surface area contributed by atoms with Crippen molar-refractivity contribution >= 4 is 29.1 Å². The van der Waals surface area contributed by atoms with Gasteiger partial charge in [0.2, 0.25) is 0 Å². The molecule has 1 aromatic heterocycles. The van der Waals surface area contributed by atoms with E-state index in [1.54, 1.807) is 12.1 Å². The van der Waals surface area contributed by atoms with Crippen molar-refractivity contribution in [2.24, 2.45) is 0 Å². The molecule has 0 saturated carbocycles. The van der Waals surface area contributed by atoms with Gasteiger partial charge in [-0.25, -0.2) is 4.39 Å². The molecule has 4 rings (SSSR count). The number of benzene rings is 2. The summed E-state index contributed by atoms with van der Waals surface area (Å²) in [4.78, 5) is 18.2. The van der Waals surface area contributed by atoms with E-state index in [1.165, 1.54) is 39.9 Å². The van der Waals surface area contributed by atoms with Gasteiger partial charge in [0.05, 0.1) is 0 Å². The summed E-state index contributed by atoms with van der Waals surface area (Å²) < 4.78 is 13.0. The SMILES string of the molecule is Cc1ccc2[nH]c3c(c2c1)CN(CCCC(=O)c1ccc(F)cc1)CC3.Cl. The molecule has 0 aliphatic carbocycles. The Labute approximate surface area is 165 Å². The Morgan fingerprint density at radius 2 is 1.96 bits per heavy atom. The van der Waals surface area contributed by atoms with Crippen LogP contribution in [0.2, 0.25) is 0 Å². The average molecular weight is 387 g/mol. The van der Waals surface area contributed by atoms with Crippen molar-refractivity contribution in [3.63, 3.8) is 0 Å². The summed E-state index contributed by atoms with van der Waals surface area (Å²) in [6.45, 7) is 4.98. The van der Waals surface area contributed by atoms with Gasteiger partial charge in [-0.05, 0) is 61.9 Å². The van der Waals surface area contributed by atoms with Crippen molar-refractivity contribution in [3.05, 3.63) is 70.7 Å². The first-order chi connectivity index (χ1) is 12.6. The highest BCUT2D eigenvalue weighted by atomic mass is 35.5. The van der Waals surface area contributed by atoms with E-state index < -0.39 is 0 Å². The van der Waals surface area contributed by atoms with E-state index in [4.69, 9.17) is 0 Å². The fourth-order valence-corrected chi connectivity index (χ4v) is 3.82. The topological polar surface area (TPSA) is 36.1 Å². The number of aromatic amines is 1. The van der Waals surface area contributed by atoms with E-state index in [-0.39, 0.29) is 24.0 Å². The van der Waals surface area contributed by atoms with E-state index in [0.29, 0.717) is 12.0 Å². The van der Waals surface area contributed by atoms with Crippen LogP contribution in [0.25, 0.3) is 10.9 Å². The quantitative estimate of drug-likeness (QED) is 0.622. The van der Waals surface area contributed by atoms with Crippen LogP contribution in [0.15, 0.2) is 42.5 Å². The number of halogens is 2. The van der Waals surface area contributed by atoms with E-state index >= 15 is 0 Å². The first-order valence-electron chi connectivity index (χ1n) is 9.21. The maximum absolute atomic E-state index is 13.0. The number of carbonyl (C=O) groups is 1. The maximum atomic E-state index is 13.0. The summed E-state index contributed by atoms with van der Waals surface area (Å²) in [7, 11) is 0. The molecule has 0 radical (unpaired) electrons. The molecule has 3 aromatic rings. The van der Waals surface area contributed by atoms with Crippen LogP contribution in [0, 0.1) is 12.7 Å². The van der Waals surface area contributed by atoms with E-state index in [2.05, 4.69) is 35.0 Å². The number of carbonyl (C=O) groups excluding carboxylic acids is 1. The fourth-order valence-electron chi connectivity index (χ4n) is 3.82. The molecule has 0 amide bonds. The first-order valence-corrected chi connectivity index (χ1v) is 9.21. The number of hydrogen-bond acceptors (Lipinski definition) is 2. The number of Topliss-reactive ketones (excluding diaryl/α,β-unsaturated/α-hetero) is 1. The summed E-state index contributed by atoms with van der Waals surface area (Å²) in [6, 6.07) is 12.4. The molecule has 3 nitrogen and oxygen atoms in total. The molecule has 2 heterocycles. The van der Waals surface area contributed by atoms with Gasteiger partial charge in [0.25, 0.3) is 0 Å². The minimum atomic E-state index is -0.306. The van der Waals surface area contributed by atoms with Gasteiger partial charge in [-0.15, -0.1) is 12.4 Å². The average Bonchev–Trinajstić information content (AvgIpc) is 2.99.